The number of aryl methyl sites for hydroxylation is 1. The molecule has 0 saturated carbocycles. The molecule has 0 spiro atoms. The first-order valence-electron chi connectivity index (χ1n) is 8.03. The number of methoxy groups -OCH3 is 1. The second-order valence-electron chi connectivity index (χ2n) is 6.82. The van der Waals surface area contributed by atoms with Crippen LogP contribution in [0.2, 0.25) is 0 Å². The maximum absolute atomic E-state index is 13.6. The molecule has 0 aliphatic heterocycles. The van der Waals surface area contributed by atoms with Gasteiger partial charge in [-0.2, -0.15) is 0 Å². The van der Waals surface area contributed by atoms with E-state index >= 15 is 0 Å². The standard InChI is InChI=1S/C20H24FNO2/c1-20(2,3)15-11-8-14(9-12-15)10-13-18(23)22-17-7-5-6-16(21)19(17)24-4/h5-9,11-12H,10,13H2,1-4H3,(H,22,23). The van der Waals surface area contributed by atoms with Gasteiger partial charge in [0.2, 0.25) is 5.91 Å². The molecule has 2 aromatic carbocycles. The number of hydrogen-bond donors (Lipinski definition) is 1. The number of halogens is 1. The molecular weight excluding hydrogens is 305 g/mol. The van der Waals surface area contributed by atoms with Gasteiger partial charge in [0.1, 0.15) is 0 Å². The molecule has 0 heterocycles. The molecule has 0 atom stereocenters. The number of ether oxygens (including phenoxy) is 1. The van der Waals surface area contributed by atoms with Gasteiger partial charge in [0.15, 0.2) is 11.6 Å². The van der Waals surface area contributed by atoms with Gasteiger partial charge >= 0.3 is 0 Å². The van der Waals surface area contributed by atoms with Crippen molar-refractivity contribution in [2.75, 3.05) is 12.4 Å². The molecule has 24 heavy (non-hydrogen) atoms. The van der Waals surface area contributed by atoms with Crippen molar-refractivity contribution in [1.29, 1.82) is 0 Å². The van der Waals surface area contributed by atoms with E-state index in [0.29, 0.717) is 18.5 Å². The van der Waals surface area contributed by atoms with Crippen LogP contribution in [0, 0.1) is 5.82 Å². The minimum Gasteiger partial charge on any atom is -0.492 e. The molecule has 3 nitrogen and oxygen atoms in total. The van der Waals surface area contributed by atoms with E-state index in [1.54, 1.807) is 12.1 Å². The minimum atomic E-state index is -0.493. The quantitative estimate of drug-likeness (QED) is 0.863. The summed E-state index contributed by atoms with van der Waals surface area (Å²) in [6, 6.07) is 12.8. The zero-order valence-corrected chi connectivity index (χ0v) is 14.7. The maximum atomic E-state index is 13.6. The van der Waals surface area contributed by atoms with Crippen LogP contribution in [0.25, 0.3) is 0 Å². The average Bonchev–Trinajstić information content (AvgIpc) is 2.53. The molecule has 0 bridgehead atoms. The fourth-order valence-corrected chi connectivity index (χ4v) is 2.46. The molecule has 1 N–H and O–H groups in total. The SMILES string of the molecule is COc1c(F)cccc1NC(=O)CCc1ccc(C(C)(C)C)cc1. The Morgan fingerprint density at radius 3 is 2.38 bits per heavy atom. The highest BCUT2D eigenvalue weighted by molar-refractivity contribution is 5.92. The second kappa shape index (κ2) is 7.47. The smallest absolute Gasteiger partial charge is 0.224 e. The van der Waals surface area contributed by atoms with E-state index in [-0.39, 0.29) is 17.1 Å². The van der Waals surface area contributed by atoms with Crippen LogP contribution in [0.1, 0.15) is 38.3 Å². The van der Waals surface area contributed by atoms with Crippen molar-refractivity contribution in [3.63, 3.8) is 0 Å². The van der Waals surface area contributed by atoms with Crippen LogP contribution in [0.5, 0.6) is 5.75 Å². The molecule has 1 amide bonds. The summed E-state index contributed by atoms with van der Waals surface area (Å²) >= 11 is 0. The third-order valence-corrected chi connectivity index (χ3v) is 3.91. The van der Waals surface area contributed by atoms with E-state index in [9.17, 15) is 9.18 Å². The molecule has 0 saturated heterocycles. The Kier molecular flexibility index (Phi) is 5.60. The van der Waals surface area contributed by atoms with Crippen molar-refractivity contribution in [1.82, 2.24) is 0 Å². The van der Waals surface area contributed by atoms with Crippen LogP contribution < -0.4 is 10.1 Å². The highest BCUT2D eigenvalue weighted by atomic mass is 19.1. The van der Waals surface area contributed by atoms with Gasteiger partial charge in [0, 0.05) is 6.42 Å². The number of carbonyl (C=O) groups is 1. The van der Waals surface area contributed by atoms with Crippen molar-refractivity contribution in [2.45, 2.75) is 39.0 Å². The second-order valence-corrected chi connectivity index (χ2v) is 6.82. The Morgan fingerprint density at radius 2 is 1.79 bits per heavy atom. The zero-order chi connectivity index (χ0) is 17.7. The van der Waals surface area contributed by atoms with Crippen molar-refractivity contribution in [2.24, 2.45) is 0 Å². The molecule has 4 heteroatoms. The van der Waals surface area contributed by atoms with Gasteiger partial charge in [0.25, 0.3) is 0 Å². The van der Waals surface area contributed by atoms with E-state index in [1.807, 2.05) is 0 Å². The summed E-state index contributed by atoms with van der Waals surface area (Å²) in [5, 5.41) is 2.70. The summed E-state index contributed by atoms with van der Waals surface area (Å²) in [6.07, 6.45) is 0.961. The number of benzene rings is 2. The average molecular weight is 329 g/mol. The highest BCUT2D eigenvalue weighted by Crippen LogP contribution is 2.27. The lowest BCUT2D eigenvalue weighted by atomic mass is 9.86. The Hall–Kier alpha value is -2.36. The van der Waals surface area contributed by atoms with Gasteiger partial charge in [0.05, 0.1) is 12.8 Å². The lowest BCUT2D eigenvalue weighted by Gasteiger charge is -2.19. The largest absolute Gasteiger partial charge is 0.492 e. The maximum Gasteiger partial charge on any atom is 0.224 e. The Labute approximate surface area is 142 Å². The minimum absolute atomic E-state index is 0.0559. The molecular formula is C20H24FNO2. The lowest BCUT2D eigenvalue weighted by molar-refractivity contribution is -0.116. The molecule has 0 aromatic heterocycles. The Morgan fingerprint density at radius 1 is 1.12 bits per heavy atom. The molecule has 0 aliphatic carbocycles. The third-order valence-electron chi connectivity index (χ3n) is 3.91. The van der Waals surface area contributed by atoms with Crippen LogP contribution in [-0.4, -0.2) is 13.0 Å². The van der Waals surface area contributed by atoms with Gasteiger partial charge in [-0.3, -0.25) is 4.79 Å². The van der Waals surface area contributed by atoms with Crippen molar-refractivity contribution in [3.8, 4) is 5.75 Å². The number of para-hydroxylation sites is 1. The normalized spacial score (nSPS) is 11.2. The number of carbonyl (C=O) groups excluding carboxylic acids is 1. The highest BCUT2D eigenvalue weighted by Gasteiger charge is 2.14. The number of amides is 1. The van der Waals surface area contributed by atoms with Crippen LogP contribution in [0.4, 0.5) is 10.1 Å². The predicted octanol–water partition coefficient (Wildman–Crippen LogP) is 4.70. The van der Waals surface area contributed by atoms with E-state index in [0.717, 1.165) is 5.56 Å². The first-order chi connectivity index (χ1) is 11.3. The Balaban J connectivity index is 1.95. The molecule has 0 radical (unpaired) electrons. The summed E-state index contributed by atoms with van der Waals surface area (Å²) in [4.78, 5) is 12.1. The van der Waals surface area contributed by atoms with E-state index in [4.69, 9.17) is 4.74 Å². The van der Waals surface area contributed by atoms with Crippen LogP contribution in [0.3, 0.4) is 0 Å². The monoisotopic (exact) mass is 329 g/mol. The summed E-state index contributed by atoms with van der Waals surface area (Å²) in [5.41, 5.74) is 2.83. The number of nitrogens with one attached hydrogen (secondary N) is 1. The molecule has 2 aromatic rings. The molecule has 0 fully saturated rings. The molecule has 128 valence electrons. The molecule has 0 aliphatic rings. The number of hydrogen-bond acceptors (Lipinski definition) is 2. The van der Waals surface area contributed by atoms with Gasteiger partial charge in [-0.25, -0.2) is 4.39 Å². The van der Waals surface area contributed by atoms with Crippen molar-refractivity contribution in [3.05, 3.63) is 59.4 Å². The number of anilines is 1. The van der Waals surface area contributed by atoms with E-state index < -0.39 is 5.82 Å². The van der Waals surface area contributed by atoms with Crippen LogP contribution in [0.15, 0.2) is 42.5 Å². The summed E-state index contributed by atoms with van der Waals surface area (Å²) in [6.45, 7) is 6.51. The summed E-state index contributed by atoms with van der Waals surface area (Å²) < 4.78 is 18.6. The van der Waals surface area contributed by atoms with Crippen LogP contribution in [-0.2, 0) is 16.6 Å². The fourth-order valence-electron chi connectivity index (χ4n) is 2.46. The zero-order valence-electron chi connectivity index (χ0n) is 14.7. The fraction of sp³-hybridized carbons (Fsp3) is 0.350. The van der Waals surface area contributed by atoms with Gasteiger partial charge in [-0.15, -0.1) is 0 Å². The lowest BCUT2D eigenvalue weighted by Crippen LogP contribution is -2.14. The summed E-state index contributed by atoms with van der Waals surface area (Å²) in [7, 11) is 1.38. The predicted molar refractivity (Wildman–Crippen MR) is 95.0 cm³/mol. The molecule has 0 unspecified atom stereocenters. The van der Waals surface area contributed by atoms with Crippen molar-refractivity contribution < 1.29 is 13.9 Å². The van der Waals surface area contributed by atoms with Gasteiger partial charge in [-0.1, -0.05) is 51.1 Å². The Bertz CT molecular complexity index is 703. The van der Waals surface area contributed by atoms with Gasteiger partial charge < -0.3 is 10.1 Å². The van der Waals surface area contributed by atoms with E-state index in [2.05, 4.69) is 50.4 Å². The summed E-state index contributed by atoms with van der Waals surface area (Å²) in [5.74, 6) is -0.604. The molecule has 2 rings (SSSR count). The topological polar surface area (TPSA) is 38.3 Å². The van der Waals surface area contributed by atoms with Crippen LogP contribution >= 0.6 is 0 Å². The van der Waals surface area contributed by atoms with E-state index in [1.165, 1.54) is 18.7 Å². The van der Waals surface area contributed by atoms with Crippen molar-refractivity contribution >= 4 is 11.6 Å². The number of rotatable bonds is 5. The first kappa shape index (κ1) is 18.0. The van der Waals surface area contributed by atoms with Gasteiger partial charge in [-0.05, 0) is 35.1 Å². The first-order valence-corrected chi connectivity index (χ1v) is 8.03. The third kappa shape index (κ3) is 4.57.